The Balaban J connectivity index is 0.628. The Bertz CT molecular complexity index is 8260. The fourth-order valence-electron chi connectivity index (χ4n) is 18.5. The number of amidine groups is 1. The fraction of sp³-hybridized carbons (Fsp3) is 0.0357. The number of fused-ring (bicyclic) bond motifs is 16. The van der Waals surface area contributed by atoms with Gasteiger partial charge in [-0.2, -0.15) is 0 Å². The van der Waals surface area contributed by atoms with E-state index in [0.717, 1.165) is 215 Å². The Hall–Kier alpha value is -15.6. The summed E-state index contributed by atoms with van der Waals surface area (Å²) in [5, 5.41) is 17.9. The van der Waals surface area contributed by atoms with Crippen LogP contribution in [0.3, 0.4) is 0 Å². The number of aromatic nitrogens is 4. The zero-order valence-electron chi connectivity index (χ0n) is 66.1. The van der Waals surface area contributed by atoms with Crippen LogP contribution in [-0.4, -0.2) is 30.6 Å². The molecule has 0 aliphatic heterocycles. The summed E-state index contributed by atoms with van der Waals surface area (Å²) in [6.07, 6.45) is 0. The quantitative estimate of drug-likeness (QED) is 0.0654. The minimum atomic E-state index is -0.382. The van der Waals surface area contributed by atoms with Gasteiger partial charge in [0.25, 0.3) is 0 Å². The molecule has 1 unspecified atom stereocenters. The summed E-state index contributed by atoms with van der Waals surface area (Å²) < 4.78 is 18.9. The Morgan fingerprint density at radius 1 is 0.308 bits per heavy atom. The third-order valence-electron chi connectivity index (χ3n) is 24.5. The first kappa shape index (κ1) is 69.8. The van der Waals surface area contributed by atoms with Gasteiger partial charge in [0, 0.05) is 76.6 Å². The molecular weight excluding hydrogens is 1460 g/mol. The average Bonchev–Trinajstić information content (AvgIpc) is 1.56. The lowest BCUT2D eigenvalue weighted by Crippen LogP contribution is -2.08. The van der Waals surface area contributed by atoms with E-state index in [9.17, 15) is 0 Å². The lowest BCUT2D eigenvalue weighted by Gasteiger charge is -2.18. The first-order valence-corrected chi connectivity index (χ1v) is 40.9. The van der Waals surface area contributed by atoms with E-state index in [1.807, 2.05) is 12.1 Å². The Kier molecular flexibility index (Phi) is 16.3. The molecule has 5 aromatic heterocycles. The van der Waals surface area contributed by atoms with Gasteiger partial charge in [-0.3, -0.25) is 4.99 Å². The standard InChI is InChI=1S/C112H74N6O2/c1-67(2)106(92-37-22-32-76-26-14-15-33-88(76)92)114-111(78-52-47-72(48-53-78)70-23-6-5-7-24-70)113-69(4)86-61-96-90-35-17-20-39-104(90)119-109(96)102(65-86)118-99-56-55-84(60-94(99)95-59-81-29-11-13-31-83(81)64-101(95)118)75-43-41-73(42-44-75)74-45-50-77(51-46-74)107-68(3)108(116-112(115-107)85-54-49-71-25-8-9-27-79(71)57-85)87-62-97-91-36-18-21-40-105(91)120-110(97)103(66-87)117-98-38-19-16-34-89(98)93-58-80-28-10-12-30-82(80)63-100(93)117/h5-66,106H,1H2,2-4H3. The molecule has 0 radical (unpaired) electrons. The SMILES string of the molecule is C=C(C)C(N=C(N=C(C)c1cc(-n2c3ccc(-c4ccc(-c5ccc(-c6nc(-c7ccc8ccccc8c7)nc(-c7cc(-n8c9ccccc9c9cc%10ccccc%10cc98)c8oc9ccccc9c8c7)c6C)cc5)cc4)cc3c3cc4ccccc4cc32)c2oc3ccccc3c2c1)c1ccc(-c2ccccc2)cc1)c1cccc2ccccc12. The molecule has 8 nitrogen and oxygen atoms in total. The third kappa shape index (κ3) is 11.7. The van der Waals surface area contributed by atoms with Gasteiger partial charge in [-0.05, 0) is 193 Å². The predicted octanol–water partition coefficient (Wildman–Crippen LogP) is 30.0. The maximum absolute atomic E-state index is 7.08. The van der Waals surface area contributed by atoms with Crippen molar-refractivity contribution in [2.75, 3.05) is 0 Å². The monoisotopic (exact) mass is 1530 g/mol. The highest BCUT2D eigenvalue weighted by Crippen LogP contribution is 2.47. The van der Waals surface area contributed by atoms with Crippen LogP contribution < -0.4 is 0 Å². The van der Waals surface area contributed by atoms with E-state index in [2.05, 4.69) is 400 Å². The molecule has 0 spiro atoms. The van der Waals surface area contributed by atoms with Crippen molar-refractivity contribution >= 4 is 142 Å². The molecule has 8 heteroatoms. The first-order chi connectivity index (χ1) is 59.1. The summed E-state index contributed by atoms with van der Waals surface area (Å²) in [5.41, 5.74) is 26.3. The van der Waals surface area contributed by atoms with Gasteiger partial charge < -0.3 is 18.0 Å². The number of rotatable bonds is 13. The van der Waals surface area contributed by atoms with E-state index >= 15 is 0 Å². The van der Waals surface area contributed by atoms with E-state index in [0.29, 0.717) is 11.7 Å². The highest BCUT2D eigenvalue weighted by atomic mass is 16.3. The van der Waals surface area contributed by atoms with Gasteiger partial charge in [0.15, 0.2) is 22.8 Å². The molecule has 0 bridgehead atoms. The molecule has 0 saturated heterocycles. The van der Waals surface area contributed by atoms with Crippen LogP contribution in [0.2, 0.25) is 0 Å². The van der Waals surface area contributed by atoms with Crippen LogP contribution in [0.5, 0.6) is 0 Å². The van der Waals surface area contributed by atoms with Crippen LogP contribution >= 0.6 is 0 Å². The van der Waals surface area contributed by atoms with Crippen LogP contribution in [0.4, 0.5) is 0 Å². The first-order valence-electron chi connectivity index (χ1n) is 40.9. The fourth-order valence-corrected chi connectivity index (χ4v) is 18.5. The molecule has 0 N–H and O–H groups in total. The minimum Gasteiger partial charge on any atom is -0.454 e. The smallest absolute Gasteiger partial charge is 0.160 e. The molecule has 23 aromatic rings. The highest BCUT2D eigenvalue weighted by Gasteiger charge is 2.27. The summed E-state index contributed by atoms with van der Waals surface area (Å²) in [6, 6.07) is 135. The molecule has 18 aromatic carbocycles. The molecule has 0 fully saturated rings. The van der Waals surface area contributed by atoms with Crippen LogP contribution in [0.1, 0.15) is 42.1 Å². The van der Waals surface area contributed by atoms with Crippen molar-refractivity contribution in [2.45, 2.75) is 26.8 Å². The molecule has 23 rings (SSSR count). The van der Waals surface area contributed by atoms with Crippen LogP contribution in [0.15, 0.2) is 407 Å². The Morgan fingerprint density at radius 2 is 0.750 bits per heavy atom. The van der Waals surface area contributed by atoms with E-state index in [1.54, 1.807) is 0 Å². The van der Waals surface area contributed by atoms with Crippen molar-refractivity contribution in [3.8, 4) is 78.7 Å². The number of para-hydroxylation sites is 3. The number of benzene rings is 18. The van der Waals surface area contributed by atoms with E-state index in [1.165, 1.54) is 21.5 Å². The van der Waals surface area contributed by atoms with Crippen LogP contribution in [-0.2, 0) is 0 Å². The number of hydrogen-bond acceptors (Lipinski definition) is 5. The molecule has 0 aliphatic rings. The minimum absolute atomic E-state index is 0.382. The van der Waals surface area contributed by atoms with Crippen molar-refractivity contribution in [3.05, 3.63) is 411 Å². The second-order valence-corrected chi connectivity index (χ2v) is 31.8. The molecule has 0 aliphatic carbocycles. The van der Waals surface area contributed by atoms with Gasteiger partial charge in [-0.1, -0.05) is 303 Å². The summed E-state index contributed by atoms with van der Waals surface area (Å²) in [4.78, 5) is 22.5. The van der Waals surface area contributed by atoms with Crippen molar-refractivity contribution in [1.29, 1.82) is 0 Å². The molecule has 564 valence electrons. The molecule has 0 amide bonds. The number of furan rings is 2. The molecule has 120 heavy (non-hydrogen) atoms. The number of aliphatic imine (C=N–C) groups is 2. The van der Waals surface area contributed by atoms with Crippen LogP contribution in [0, 0.1) is 6.92 Å². The van der Waals surface area contributed by atoms with Gasteiger partial charge >= 0.3 is 0 Å². The Morgan fingerprint density at radius 3 is 1.38 bits per heavy atom. The summed E-state index contributed by atoms with van der Waals surface area (Å²) in [6.45, 7) is 10.9. The summed E-state index contributed by atoms with van der Waals surface area (Å²) in [7, 11) is 0. The zero-order valence-corrected chi connectivity index (χ0v) is 66.1. The molecule has 1 atom stereocenters. The maximum atomic E-state index is 7.08. The van der Waals surface area contributed by atoms with Gasteiger partial charge in [0.1, 0.15) is 11.2 Å². The van der Waals surface area contributed by atoms with Gasteiger partial charge in [0.2, 0.25) is 0 Å². The van der Waals surface area contributed by atoms with E-state index < -0.39 is 0 Å². The largest absolute Gasteiger partial charge is 0.454 e. The van der Waals surface area contributed by atoms with Crippen LogP contribution in [0.25, 0.3) is 209 Å². The lowest BCUT2D eigenvalue weighted by molar-refractivity contribution is 0.666. The van der Waals surface area contributed by atoms with E-state index in [4.69, 9.17) is 28.8 Å². The van der Waals surface area contributed by atoms with Crippen molar-refractivity contribution in [3.63, 3.8) is 0 Å². The Labute approximate surface area is 691 Å². The highest BCUT2D eigenvalue weighted by molar-refractivity contribution is 6.20. The van der Waals surface area contributed by atoms with Gasteiger partial charge in [-0.15, -0.1) is 0 Å². The molecule has 5 heterocycles. The topological polar surface area (TPSA) is 86.6 Å². The predicted molar refractivity (Wildman–Crippen MR) is 502 cm³/mol. The summed E-state index contributed by atoms with van der Waals surface area (Å²) >= 11 is 0. The van der Waals surface area contributed by atoms with Crippen molar-refractivity contribution in [2.24, 2.45) is 9.98 Å². The average molecular weight is 1540 g/mol. The molecule has 0 saturated carbocycles. The maximum Gasteiger partial charge on any atom is 0.160 e. The van der Waals surface area contributed by atoms with E-state index in [-0.39, 0.29) is 6.04 Å². The number of nitrogens with zero attached hydrogens (tertiary/aromatic N) is 6. The summed E-state index contributed by atoms with van der Waals surface area (Å²) in [5.74, 6) is 1.26. The van der Waals surface area contributed by atoms with Gasteiger partial charge in [0.05, 0.1) is 50.9 Å². The third-order valence-corrected chi connectivity index (χ3v) is 24.5. The lowest BCUT2D eigenvalue weighted by atomic mass is 9.95. The zero-order chi connectivity index (χ0) is 79.8. The second-order valence-electron chi connectivity index (χ2n) is 31.8. The van der Waals surface area contributed by atoms with Crippen molar-refractivity contribution in [1.82, 2.24) is 19.1 Å². The van der Waals surface area contributed by atoms with Crippen molar-refractivity contribution < 1.29 is 8.83 Å². The second kappa shape index (κ2) is 28.1. The normalized spacial score (nSPS) is 12.6. The van der Waals surface area contributed by atoms with Gasteiger partial charge in [-0.25, -0.2) is 15.0 Å². The number of hydrogen-bond donors (Lipinski definition) is 0. The molecular formula is C112H74N6O2.